The van der Waals surface area contributed by atoms with Gasteiger partial charge in [0.2, 0.25) is 5.91 Å². The first-order valence-electron chi connectivity index (χ1n) is 20.1. The Kier molecular flexibility index (Phi) is 17.4. The van der Waals surface area contributed by atoms with E-state index in [0.717, 1.165) is 48.4 Å². The van der Waals surface area contributed by atoms with Crippen molar-refractivity contribution >= 4 is 35.1 Å². The van der Waals surface area contributed by atoms with Crippen LogP contribution >= 0.6 is 0 Å². The topological polar surface area (TPSA) is 163 Å². The first-order chi connectivity index (χ1) is 28.1. The number of morpholine rings is 1. The Balaban J connectivity index is 1.11. The number of pyridine rings is 1. The molecule has 1 atom stereocenters. The van der Waals surface area contributed by atoms with Crippen molar-refractivity contribution in [2.75, 3.05) is 116 Å². The minimum Gasteiger partial charge on any atom is -0.481 e. The molecule has 2 aliphatic rings. The van der Waals surface area contributed by atoms with Crippen LogP contribution in [-0.4, -0.2) is 161 Å². The molecule has 0 saturated carbocycles. The Morgan fingerprint density at radius 3 is 2.31 bits per heavy atom. The van der Waals surface area contributed by atoms with E-state index in [9.17, 15) is 19.2 Å². The van der Waals surface area contributed by atoms with E-state index in [2.05, 4.69) is 21.3 Å². The van der Waals surface area contributed by atoms with E-state index in [1.165, 1.54) is 6.42 Å². The van der Waals surface area contributed by atoms with Crippen LogP contribution in [0.3, 0.4) is 0 Å². The maximum absolute atomic E-state index is 13.7. The van der Waals surface area contributed by atoms with Gasteiger partial charge in [0.05, 0.1) is 70.7 Å². The average molecular weight is 803 g/mol. The van der Waals surface area contributed by atoms with Gasteiger partial charge in [-0.05, 0) is 80.3 Å². The average Bonchev–Trinajstić information content (AvgIpc) is 3.24. The minimum absolute atomic E-state index is 0.0418. The number of piperidine rings is 1. The molecule has 1 aromatic heterocycles. The predicted octanol–water partition coefficient (Wildman–Crippen LogP) is 4.06. The molecule has 2 aliphatic heterocycles. The molecule has 2 fully saturated rings. The van der Waals surface area contributed by atoms with Gasteiger partial charge in [0.1, 0.15) is 6.04 Å². The molecule has 3 amide bonds. The lowest BCUT2D eigenvalue weighted by Crippen LogP contribution is -2.56. The molecule has 2 aromatic carbocycles. The second-order valence-corrected chi connectivity index (χ2v) is 14.6. The Hall–Kier alpha value is -4.93. The van der Waals surface area contributed by atoms with Crippen LogP contribution in [0, 0.1) is 6.92 Å². The minimum atomic E-state index is -0.903. The summed E-state index contributed by atoms with van der Waals surface area (Å²) < 4.78 is 21.9. The number of amides is 3. The number of carbonyl (C=O) groups is 4. The third-order valence-corrected chi connectivity index (χ3v) is 10.3. The van der Waals surface area contributed by atoms with E-state index in [4.69, 9.17) is 24.1 Å². The SMILES string of the molecule is Cc1ccnc(-c2cc(N3CCCCC3)ccc2NC(=O)c2cccc(C(=O)N(C)CCN3CCOCC3C(=O)N(C)CCOCCOCCOCCC(=O)O)c2)c1. The van der Waals surface area contributed by atoms with Gasteiger partial charge in [0.25, 0.3) is 11.8 Å². The highest BCUT2D eigenvalue weighted by atomic mass is 16.5. The monoisotopic (exact) mass is 802 g/mol. The summed E-state index contributed by atoms with van der Waals surface area (Å²) in [6.45, 7) is 8.36. The van der Waals surface area contributed by atoms with Crippen LogP contribution in [0.5, 0.6) is 0 Å². The summed E-state index contributed by atoms with van der Waals surface area (Å²) in [6, 6.07) is 16.3. The molecule has 1 unspecified atom stereocenters. The number of aryl methyl sites for hydroxylation is 1. The van der Waals surface area contributed by atoms with Gasteiger partial charge >= 0.3 is 5.97 Å². The zero-order chi connectivity index (χ0) is 41.3. The smallest absolute Gasteiger partial charge is 0.305 e. The van der Waals surface area contributed by atoms with Crippen LogP contribution in [0.4, 0.5) is 11.4 Å². The lowest BCUT2D eigenvalue weighted by Gasteiger charge is -2.37. The third-order valence-electron chi connectivity index (χ3n) is 10.3. The number of aromatic nitrogens is 1. The molecule has 0 spiro atoms. The highest BCUT2D eigenvalue weighted by Gasteiger charge is 2.32. The summed E-state index contributed by atoms with van der Waals surface area (Å²) in [5, 5.41) is 11.7. The Labute approximate surface area is 341 Å². The maximum Gasteiger partial charge on any atom is 0.305 e. The molecular formula is C43H58N6O9. The van der Waals surface area contributed by atoms with E-state index in [-0.39, 0.29) is 37.4 Å². The number of carbonyl (C=O) groups excluding carboxylic acids is 3. The number of aliphatic carboxylic acids is 1. The standard InChI is InChI=1S/C43H58N6O9/c1-32-12-14-44-38(28-32)36-30-35(48-15-5-4-6-16-48)10-11-37(36)45-41(52)33-8-7-9-34(29-33)42(53)46(2)17-18-49-20-23-58-31-39(49)43(54)47(3)19-22-56-25-27-57-26-24-55-21-13-40(50)51/h7-12,14,28-30,39H,4-6,13,15-27,31H2,1-3H3,(H,45,52)(H,50,51). The lowest BCUT2D eigenvalue weighted by molar-refractivity contribution is -0.142. The summed E-state index contributed by atoms with van der Waals surface area (Å²) in [7, 11) is 3.45. The van der Waals surface area contributed by atoms with Gasteiger partial charge in [0.15, 0.2) is 0 Å². The number of ether oxygens (including phenoxy) is 4. The van der Waals surface area contributed by atoms with Crippen molar-refractivity contribution in [3.8, 4) is 11.3 Å². The largest absolute Gasteiger partial charge is 0.481 e. The van der Waals surface area contributed by atoms with Crippen LogP contribution in [0.1, 0.15) is 52.0 Å². The van der Waals surface area contributed by atoms with Crippen LogP contribution < -0.4 is 10.2 Å². The second-order valence-electron chi connectivity index (χ2n) is 14.6. The molecule has 2 saturated heterocycles. The van der Waals surface area contributed by atoms with Crippen molar-refractivity contribution in [2.24, 2.45) is 0 Å². The van der Waals surface area contributed by atoms with Crippen molar-refractivity contribution in [2.45, 2.75) is 38.6 Å². The lowest BCUT2D eigenvalue weighted by atomic mass is 10.0. The van der Waals surface area contributed by atoms with E-state index >= 15 is 0 Å². The number of nitrogens with one attached hydrogen (secondary N) is 1. The van der Waals surface area contributed by atoms with E-state index in [1.807, 2.05) is 36.1 Å². The number of rotatable bonds is 21. The molecule has 5 rings (SSSR count). The molecule has 3 aromatic rings. The van der Waals surface area contributed by atoms with Gasteiger partial charge in [-0.3, -0.25) is 29.1 Å². The van der Waals surface area contributed by atoms with Crippen LogP contribution in [0.15, 0.2) is 60.8 Å². The van der Waals surface area contributed by atoms with Gasteiger partial charge in [0, 0.05) is 81.9 Å². The zero-order valence-electron chi connectivity index (χ0n) is 34.0. The predicted molar refractivity (Wildman–Crippen MR) is 220 cm³/mol. The van der Waals surface area contributed by atoms with Crippen LogP contribution in [0.25, 0.3) is 11.3 Å². The van der Waals surface area contributed by atoms with Crippen molar-refractivity contribution in [1.82, 2.24) is 19.7 Å². The molecule has 314 valence electrons. The summed E-state index contributed by atoms with van der Waals surface area (Å²) in [5.41, 5.74) is 5.18. The Bertz CT molecular complexity index is 1820. The molecule has 15 nitrogen and oxygen atoms in total. The molecule has 2 N–H and O–H groups in total. The van der Waals surface area contributed by atoms with E-state index < -0.39 is 12.0 Å². The number of nitrogens with zero attached hydrogens (tertiary/aromatic N) is 5. The fourth-order valence-electron chi connectivity index (χ4n) is 6.87. The normalized spacial score (nSPS) is 15.8. The van der Waals surface area contributed by atoms with Crippen molar-refractivity contribution < 1.29 is 43.2 Å². The van der Waals surface area contributed by atoms with Crippen molar-refractivity contribution in [1.29, 1.82) is 0 Å². The summed E-state index contributed by atoms with van der Waals surface area (Å²) in [6.07, 6.45) is 5.28. The van der Waals surface area contributed by atoms with Crippen LogP contribution in [0.2, 0.25) is 0 Å². The van der Waals surface area contributed by atoms with Gasteiger partial charge in [-0.2, -0.15) is 0 Å². The Morgan fingerprint density at radius 1 is 0.845 bits per heavy atom. The number of likely N-dealkylation sites (N-methyl/N-ethyl adjacent to an activating group) is 2. The zero-order valence-corrected chi connectivity index (χ0v) is 34.0. The number of carboxylic acids is 1. The van der Waals surface area contributed by atoms with Gasteiger partial charge in [-0.25, -0.2) is 0 Å². The quantitative estimate of drug-likeness (QED) is 0.149. The second kappa shape index (κ2) is 22.9. The van der Waals surface area contributed by atoms with E-state index in [1.54, 1.807) is 54.4 Å². The fraction of sp³-hybridized carbons (Fsp3) is 0.512. The van der Waals surface area contributed by atoms with Gasteiger partial charge < -0.3 is 44.1 Å². The Morgan fingerprint density at radius 2 is 1.57 bits per heavy atom. The highest BCUT2D eigenvalue weighted by molar-refractivity contribution is 6.08. The molecule has 3 heterocycles. The molecule has 58 heavy (non-hydrogen) atoms. The number of benzene rings is 2. The van der Waals surface area contributed by atoms with Crippen LogP contribution in [-0.2, 0) is 28.5 Å². The number of hydrogen-bond acceptors (Lipinski definition) is 11. The first kappa shape index (κ1) is 44.2. The summed E-state index contributed by atoms with van der Waals surface area (Å²) >= 11 is 0. The first-order valence-corrected chi connectivity index (χ1v) is 20.1. The molecule has 0 bridgehead atoms. The van der Waals surface area contributed by atoms with Crippen molar-refractivity contribution in [3.63, 3.8) is 0 Å². The summed E-state index contributed by atoms with van der Waals surface area (Å²) in [5.74, 6) is -1.55. The molecule has 15 heteroatoms. The molecule has 0 aliphatic carbocycles. The van der Waals surface area contributed by atoms with Crippen molar-refractivity contribution in [3.05, 3.63) is 77.5 Å². The molecule has 0 radical (unpaired) electrons. The maximum atomic E-state index is 13.7. The molecular weight excluding hydrogens is 745 g/mol. The summed E-state index contributed by atoms with van der Waals surface area (Å²) in [4.78, 5) is 63.6. The van der Waals surface area contributed by atoms with E-state index in [0.29, 0.717) is 82.6 Å². The number of hydrogen-bond donors (Lipinski definition) is 2. The third kappa shape index (κ3) is 13.3. The van der Waals surface area contributed by atoms with Gasteiger partial charge in [-0.15, -0.1) is 0 Å². The van der Waals surface area contributed by atoms with Gasteiger partial charge in [-0.1, -0.05) is 6.07 Å². The fourth-order valence-corrected chi connectivity index (χ4v) is 6.87. The number of carboxylic acid groups (broad SMARTS) is 1. The highest BCUT2D eigenvalue weighted by Crippen LogP contribution is 2.33. The number of anilines is 2.